The molecule has 0 N–H and O–H groups in total. The summed E-state index contributed by atoms with van der Waals surface area (Å²) < 4.78 is 10.3. The van der Waals surface area contributed by atoms with E-state index in [4.69, 9.17) is 0 Å². The molecule has 13 aromatic carbocycles. The molecule has 0 amide bonds. The Morgan fingerprint density at radius 2 is 0.300 bits per heavy atom. The van der Waals surface area contributed by atoms with Gasteiger partial charge in [0.25, 0.3) is 0 Å². The SMILES string of the molecule is CC(C)(C)c1ccc2c(c1)c1cc(C(C)(C)C)ccc1n2-c1cc(-c2c3ccccc3c(-c3cc(-n4c5ccc(C(C)(C)C)cc5c5cc(C(C)(C)C)ccc54)cc(-n4c5ccc(C(C)(C)C)cc5c5cc(C(C)(C)C)ccc54)c3)c3ccccc23)cc(-n2c3ccc(C(C)(C)C)cc3c3cc(C(C)(C)C)ccc32)c1. The van der Waals surface area contributed by atoms with Crippen LogP contribution in [0.2, 0.25) is 0 Å². The van der Waals surface area contributed by atoms with Gasteiger partial charge in [0.15, 0.2) is 0 Å². The molecule has 0 saturated carbocycles. The first-order chi connectivity index (χ1) is 51.6. The molecule has 4 heteroatoms. The minimum atomic E-state index is -0.0549. The summed E-state index contributed by atoms with van der Waals surface area (Å²) in [6, 6.07) is 91.8. The third kappa shape index (κ3) is 12.0. The van der Waals surface area contributed by atoms with E-state index in [-0.39, 0.29) is 43.3 Å². The van der Waals surface area contributed by atoms with E-state index in [0.29, 0.717) is 0 Å². The number of nitrogens with zero attached hydrogens (tertiary/aromatic N) is 4. The first kappa shape index (κ1) is 72.4. The zero-order valence-electron chi connectivity index (χ0n) is 69.7. The van der Waals surface area contributed by atoms with Crippen LogP contribution in [0.3, 0.4) is 0 Å². The Morgan fingerprint density at radius 1 is 0.155 bits per heavy atom. The van der Waals surface area contributed by atoms with Crippen molar-refractivity contribution in [2.75, 3.05) is 0 Å². The Balaban J connectivity index is 1.00. The molecule has 0 spiro atoms. The summed E-state index contributed by atoms with van der Waals surface area (Å²) in [5, 5.41) is 14.9. The zero-order chi connectivity index (χ0) is 78.0. The Labute approximate surface area is 652 Å². The molecule has 0 aliphatic carbocycles. The van der Waals surface area contributed by atoms with Gasteiger partial charge in [-0.25, -0.2) is 0 Å². The smallest absolute Gasteiger partial charge is 0.0541 e. The van der Waals surface area contributed by atoms with Crippen molar-refractivity contribution in [1.29, 1.82) is 0 Å². The molecule has 0 atom stereocenters. The fourth-order valence-corrected chi connectivity index (χ4v) is 17.7. The second-order valence-corrected chi connectivity index (χ2v) is 40.5. The topological polar surface area (TPSA) is 19.7 Å². The van der Waals surface area contributed by atoms with Crippen LogP contribution in [0.1, 0.15) is 211 Å². The lowest BCUT2D eigenvalue weighted by molar-refractivity contribution is 0.590. The third-order valence-corrected chi connectivity index (χ3v) is 24.3. The third-order valence-electron chi connectivity index (χ3n) is 24.3. The number of hydrogen-bond acceptors (Lipinski definition) is 0. The lowest BCUT2D eigenvalue weighted by atomic mass is 9.85. The van der Waals surface area contributed by atoms with E-state index >= 15 is 0 Å². The fraction of sp³-hybridized carbons (Fsp3) is 0.302. The Morgan fingerprint density at radius 3 is 0.436 bits per heavy atom. The predicted molar refractivity (Wildman–Crippen MR) is 479 cm³/mol. The van der Waals surface area contributed by atoms with E-state index in [0.717, 1.165) is 33.9 Å². The van der Waals surface area contributed by atoms with Crippen molar-refractivity contribution < 1.29 is 0 Å². The molecule has 4 nitrogen and oxygen atoms in total. The molecule has 0 unspecified atom stereocenters. The van der Waals surface area contributed by atoms with E-state index in [1.54, 1.807) is 0 Å². The number of fused-ring (bicyclic) bond motifs is 14. The maximum absolute atomic E-state index is 2.58. The van der Waals surface area contributed by atoms with Gasteiger partial charge in [0.1, 0.15) is 0 Å². The molecular formula is C106H110N4. The predicted octanol–water partition coefficient (Wildman–Crippen LogP) is 30.1. The van der Waals surface area contributed by atoms with Gasteiger partial charge in [0.2, 0.25) is 0 Å². The average Bonchev–Trinajstić information content (AvgIpc) is 1.49. The Bertz CT molecular complexity index is 5610. The minimum absolute atomic E-state index is 0.0549. The normalized spacial score (nSPS) is 13.5. The monoisotopic (exact) mass is 1440 g/mol. The molecule has 4 aromatic heterocycles. The van der Waals surface area contributed by atoms with E-state index < -0.39 is 0 Å². The molecule has 0 bridgehead atoms. The van der Waals surface area contributed by atoms with Crippen molar-refractivity contribution >= 4 is 109 Å². The van der Waals surface area contributed by atoms with Crippen molar-refractivity contribution in [2.24, 2.45) is 0 Å². The molecule has 17 rings (SSSR count). The lowest BCUT2D eigenvalue weighted by Gasteiger charge is -2.22. The van der Waals surface area contributed by atoms with Crippen LogP contribution in [0.5, 0.6) is 0 Å². The van der Waals surface area contributed by atoms with Gasteiger partial charge in [0.05, 0.1) is 44.1 Å². The molecule has 0 fully saturated rings. The van der Waals surface area contributed by atoms with Gasteiger partial charge in [-0.1, -0.05) is 263 Å². The highest BCUT2D eigenvalue weighted by Crippen LogP contribution is 2.50. The van der Waals surface area contributed by atoms with Crippen LogP contribution in [-0.2, 0) is 43.3 Å². The minimum Gasteiger partial charge on any atom is -0.309 e. The summed E-state index contributed by atoms with van der Waals surface area (Å²) >= 11 is 0. The Kier molecular flexibility index (Phi) is 16.2. The van der Waals surface area contributed by atoms with Crippen LogP contribution in [0.4, 0.5) is 0 Å². The molecular weight excluding hydrogens is 1330 g/mol. The summed E-state index contributed by atoms with van der Waals surface area (Å²) in [6.07, 6.45) is 0. The van der Waals surface area contributed by atoms with E-state index in [2.05, 4.69) is 415 Å². The number of aromatic nitrogens is 4. The summed E-state index contributed by atoms with van der Waals surface area (Å²) in [5.74, 6) is 0. The van der Waals surface area contributed by atoms with E-state index in [9.17, 15) is 0 Å². The van der Waals surface area contributed by atoms with Crippen LogP contribution in [-0.4, -0.2) is 18.3 Å². The molecule has 554 valence electrons. The van der Waals surface area contributed by atoms with Gasteiger partial charge < -0.3 is 18.3 Å². The van der Waals surface area contributed by atoms with Crippen LogP contribution in [0, 0.1) is 0 Å². The van der Waals surface area contributed by atoms with E-state index in [1.807, 2.05) is 0 Å². The largest absolute Gasteiger partial charge is 0.309 e. The molecule has 0 saturated heterocycles. The zero-order valence-corrected chi connectivity index (χ0v) is 69.7. The quantitative estimate of drug-likeness (QED) is 0.148. The second kappa shape index (κ2) is 24.5. The van der Waals surface area contributed by atoms with Crippen molar-refractivity contribution in [3.05, 3.63) is 275 Å². The van der Waals surface area contributed by atoms with Crippen LogP contribution >= 0.6 is 0 Å². The molecule has 110 heavy (non-hydrogen) atoms. The van der Waals surface area contributed by atoms with Crippen LogP contribution in [0.15, 0.2) is 231 Å². The number of benzene rings is 13. The maximum Gasteiger partial charge on any atom is 0.0541 e. The van der Waals surface area contributed by atoms with Gasteiger partial charge in [-0.3, -0.25) is 0 Å². The van der Waals surface area contributed by atoms with Crippen molar-refractivity contribution in [3.63, 3.8) is 0 Å². The summed E-state index contributed by atoms with van der Waals surface area (Å²) in [7, 11) is 0. The van der Waals surface area contributed by atoms with Gasteiger partial charge in [-0.05, 0) is 265 Å². The number of rotatable bonds is 6. The second-order valence-electron chi connectivity index (χ2n) is 40.5. The first-order valence-corrected chi connectivity index (χ1v) is 40.2. The van der Waals surface area contributed by atoms with Crippen molar-refractivity contribution in [3.8, 4) is 45.0 Å². The van der Waals surface area contributed by atoms with Gasteiger partial charge in [0, 0.05) is 65.8 Å². The van der Waals surface area contributed by atoms with Gasteiger partial charge in [-0.15, -0.1) is 0 Å². The fourth-order valence-electron chi connectivity index (χ4n) is 17.7. The summed E-state index contributed by atoms with van der Waals surface area (Å²) in [6.45, 7) is 56.1. The standard InChI is InChI=1S/C106H110N4/c1-99(2,3)65-33-41-89-81(53-65)82-54-66(100(4,5)6)34-42-90(82)107(89)73-49-63(50-74(61-73)108-91-43-35-67(101(7,8)9)55-83(91)84-56-68(102(10,11)12)36-44-92(84)108)97-77-29-25-27-31-79(77)98(80-32-28-26-30-78(80)97)64-51-75(109-93-45-37-69(103(13,14)15)57-85(93)86-58-70(104(16,17)18)38-46-94(86)109)62-76(52-64)110-95-47-39-71(105(19,20)21)59-87(95)88-60-72(106(22,23)24)40-48-96(88)110/h25-62H,1-24H3. The van der Waals surface area contributed by atoms with Crippen LogP contribution < -0.4 is 0 Å². The Hall–Kier alpha value is -10.4. The van der Waals surface area contributed by atoms with Crippen molar-refractivity contribution in [2.45, 2.75) is 209 Å². The van der Waals surface area contributed by atoms with Gasteiger partial charge >= 0.3 is 0 Å². The highest BCUT2D eigenvalue weighted by atomic mass is 15.0. The molecule has 4 heterocycles. The van der Waals surface area contributed by atoms with E-state index in [1.165, 1.54) is 164 Å². The molecule has 0 radical (unpaired) electrons. The molecule has 0 aliphatic heterocycles. The highest BCUT2D eigenvalue weighted by Gasteiger charge is 2.30. The first-order valence-electron chi connectivity index (χ1n) is 40.2. The molecule has 0 aliphatic rings. The highest BCUT2D eigenvalue weighted by molar-refractivity contribution is 6.23. The lowest BCUT2D eigenvalue weighted by Crippen LogP contribution is -2.10. The van der Waals surface area contributed by atoms with Crippen molar-refractivity contribution in [1.82, 2.24) is 18.3 Å². The molecule has 17 aromatic rings. The summed E-state index contributed by atoms with van der Waals surface area (Å²) in [4.78, 5) is 0. The van der Waals surface area contributed by atoms with Crippen LogP contribution in [0.25, 0.3) is 154 Å². The average molecular weight is 1440 g/mol. The summed E-state index contributed by atoms with van der Waals surface area (Å²) in [5.41, 5.74) is 28.8. The van der Waals surface area contributed by atoms with Gasteiger partial charge in [-0.2, -0.15) is 0 Å². The number of hydrogen-bond donors (Lipinski definition) is 0. The maximum atomic E-state index is 2.58.